The van der Waals surface area contributed by atoms with Gasteiger partial charge in [-0.3, -0.25) is 4.79 Å². The number of thioether (sulfide) groups is 1. The highest BCUT2D eigenvalue weighted by molar-refractivity contribution is 7.99. The van der Waals surface area contributed by atoms with Gasteiger partial charge in [0.15, 0.2) is 0 Å². The molecule has 2 aliphatic heterocycles. The third-order valence-electron chi connectivity index (χ3n) is 4.38. The van der Waals surface area contributed by atoms with Gasteiger partial charge in [0, 0.05) is 24.7 Å². The maximum atomic E-state index is 12.6. The van der Waals surface area contributed by atoms with Crippen molar-refractivity contribution in [3.63, 3.8) is 0 Å². The van der Waals surface area contributed by atoms with E-state index in [9.17, 15) is 4.79 Å². The number of ketones is 1. The summed E-state index contributed by atoms with van der Waals surface area (Å²) in [6.07, 6.45) is 3.23. The molecule has 1 aromatic rings. The van der Waals surface area contributed by atoms with Crippen molar-refractivity contribution in [2.75, 3.05) is 18.1 Å². The highest BCUT2D eigenvalue weighted by Gasteiger charge is 2.42. The molecule has 0 aliphatic carbocycles. The predicted molar refractivity (Wildman–Crippen MR) is 88.5 cm³/mol. The van der Waals surface area contributed by atoms with Gasteiger partial charge in [0.25, 0.3) is 0 Å². The molecule has 2 saturated heterocycles. The third-order valence-corrected chi connectivity index (χ3v) is 6.34. The van der Waals surface area contributed by atoms with Crippen molar-refractivity contribution in [1.82, 2.24) is 0 Å². The van der Waals surface area contributed by atoms with Crippen LogP contribution in [0.5, 0.6) is 0 Å². The summed E-state index contributed by atoms with van der Waals surface area (Å²) in [6, 6.07) is 5.43. The molecule has 0 aromatic heterocycles. The second-order valence-electron chi connectivity index (χ2n) is 5.92. The molecule has 114 valence electrons. The van der Waals surface area contributed by atoms with E-state index in [2.05, 4.69) is 0 Å². The third kappa shape index (κ3) is 3.58. The highest BCUT2D eigenvalue weighted by atomic mass is 35.5. The van der Waals surface area contributed by atoms with Gasteiger partial charge in [0.05, 0.1) is 15.6 Å². The maximum absolute atomic E-state index is 12.6. The second-order valence-corrected chi connectivity index (χ2v) is 7.83. The average molecular weight is 345 g/mol. The van der Waals surface area contributed by atoms with E-state index < -0.39 is 0 Å². The Balaban J connectivity index is 1.65. The first kappa shape index (κ1) is 15.7. The van der Waals surface area contributed by atoms with E-state index in [0.29, 0.717) is 28.9 Å². The van der Waals surface area contributed by atoms with E-state index in [1.807, 2.05) is 17.8 Å². The Kier molecular flexibility index (Phi) is 4.84. The predicted octanol–water partition coefficient (Wildman–Crippen LogP) is 4.41. The van der Waals surface area contributed by atoms with Crippen LogP contribution in [0.2, 0.25) is 10.0 Å². The first-order valence-electron chi connectivity index (χ1n) is 7.26. The van der Waals surface area contributed by atoms with E-state index in [0.717, 1.165) is 36.3 Å². The lowest BCUT2D eigenvalue weighted by Crippen LogP contribution is -2.42. The number of carbonyl (C=O) groups excluding carboxylic acids is 1. The lowest BCUT2D eigenvalue weighted by molar-refractivity contribution is -0.133. The lowest BCUT2D eigenvalue weighted by Gasteiger charge is -2.37. The maximum Gasteiger partial charge on any atom is 0.140 e. The number of rotatable bonds is 3. The minimum atomic E-state index is -0.0408. The number of hydrogen-bond donors (Lipinski definition) is 0. The summed E-state index contributed by atoms with van der Waals surface area (Å²) >= 11 is 13.9. The van der Waals surface area contributed by atoms with Crippen LogP contribution >= 0.6 is 35.0 Å². The summed E-state index contributed by atoms with van der Waals surface area (Å²) in [5, 5.41) is 1.04. The molecule has 0 bridgehead atoms. The zero-order valence-electron chi connectivity index (χ0n) is 11.7. The van der Waals surface area contributed by atoms with Crippen molar-refractivity contribution in [3.05, 3.63) is 33.8 Å². The van der Waals surface area contributed by atoms with Crippen LogP contribution < -0.4 is 0 Å². The molecule has 2 fully saturated rings. The summed E-state index contributed by atoms with van der Waals surface area (Å²) in [7, 11) is 0. The van der Waals surface area contributed by atoms with Crippen LogP contribution in [0.4, 0.5) is 0 Å². The Morgan fingerprint density at radius 2 is 2.24 bits per heavy atom. The van der Waals surface area contributed by atoms with Gasteiger partial charge < -0.3 is 4.74 Å². The summed E-state index contributed by atoms with van der Waals surface area (Å²) in [6.45, 7) is 0.707. The van der Waals surface area contributed by atoms with Crippen molar-refractivity contribution in [1.29, 1.82) is 0 Å². The highest BCUT2D eigenvalue weighted by Crippen LogP contribution is 2.40. The topological polar surface area (TPSA) is 26.3 Å². The van der Waals surface area contributed by atoms with Gasteiger partial charge >= 0.3 is 0 Å². The fourth-order valence-corrected chi connectivity index (χ4v) is 4.86. The first-order chi connectivity index (χ1) is 10.1. The van der Waals surface area contributed by atoms with E-state index >= 15 is 0 Å². The zero-order chi connectivity index (χ0) is 14.9. The van der Waals surface area contributed by atoms with Crippen LogP contribution in [0.15, 0.2) is 18.2 Å². The van der Waals surface area contributed by atoms with Crippen LogP contribution in [0.3, 0.4) is 0 Å². The van der Waals surface area contributed by atoms with Gasteiger partial charge in [0.1, 0.15) is 5.78 Å². The summed E-state index contributed by atoms with van der Waals surface area (Å²) in [5.41, 5.74) is 0.900. The molecule has 2 nitrogen and oxygen atoms in total. The molecular formula is C16H18Cl2O2S. The normalized spacial score (nSPS) is 29.0. The Bertz CT molecular complexity index is 541. The van der Waals surface area contributed by atoms with Crippen LogP contribution in [0.25, 0.3) is 0 Å². The summed E-state index contributed by atoms with van der Waals surface area (Å²) in [5.74, 6) is 2.59. The number of Topliss-reactive ketones (excluding diaryl/α,β-unsaturated/α-hetero) is 1. The van der Waals surface area contributed by atoms with Gasteiger partial charge in [-0.2, -0.15) is 11.8 Å². The molecule has 2 aliphatic rings. The van der Waals surface area contributed by atoms with E-state index in [1.54, 1.807) is 12.1 Å². The Labute approximate surface area is 139 Å². The molecule has 21 heavy (non-hydrogen) atoms. The number of carbonyl (C=O) groups is 1. The molecule has 0 amide bonds. The lowest BCUT2D eigenvalue weighted by atomic mass is 9.81. The Morgan fingerprint density at radius 1 is 1.38 bits per heavy atom. The fourth-order valence-electron chi connectivity index (χ4n) is 3.16. The van der Waals surface area contributed by atoms with Crippen molar-refractivity contribution >= 4 is 40.7 Å². The van der Waals surface area contributed by atoms with Crippen molar-refractivity contribution in [2.24, 2.45) is 5.92 Å². The van der Waals surface area contributed by atoms with Crippen LogP contribution in [-0.4, -0.2) is 29.5 Å². The quantitative estimate of drug-likeness (QED) is 0.812. The molecule has 1 aromatic carbocycles. The van der Waals surface area contributed by atoms with Gasteiger partial charge in [0.2, 0.25) is 0 Å². The SMILES string of the molecule is O=C(Cc1ccc(Cl)c(Cl)c1)C1CCOC2(CCSC2)C1. The number of ether oxygens (including phenoxy) is 1. The molecule has 0 saturated carbocycles. The smallest absolute Gasteiger partial charge is 0.140 e. The van der Waals surface area contributed by atoms with Crippen molar-refractivity contribution in [2.45, 2.75) is 31.3 Å². The van der Waals surface area contributed by atoms with E-state index in [1.165, 1.54) is 0 Å². The van der Waals surface area contributed by atoms with E-state index in [-0.39, 0.29) is 11.5 Å². The molecule has 3 rings (SSSR count). The number of hydrogen-bond acceptors (Lipinski definition) is 3. The van der Waals surface area contributed by atoms with Gasteiger partial charge in [-0.05, 0) is 42.7 Å². The Morgan fingerprint density at radius 3 is 2.95 bits per heavy atom. The number of halogens is 2. The largest absolute Gasteiger partial charge is 0.374 e. The standard InChI is InChI=1S/C16H18Cl2O2S/c17-13-2-1-11(7-14(13)18)8-15(19)12-3-5-20-16(9-12)4-6-21-10-16/h1-2,7,12H,3-6,8-10H2. The average Bonchev–Trinajstić information content (AvgIpc) is 2.91. The summed E-state index contributed by atoms with van der Waals surface area (Å²) < 4.78 is 5.98. The molecule has 0 N–H and O–H groups in total. The van der Waals surface area contributed by atoms with E-state index in [4.69, 9.17) is 27.9 Å². The van der Waals surface area contributed by atoms with Gasteiger partial charge in [-0.25, -0.2) is 0 Å². The number of benzene rings is 1. The minimum Gasteiger partial charge on any atom is -0.374 e. The van der Waals surface area contributed by atoms with Crippen molar-refractivity contribution < 1.29 is 9.53 Å². The zero-order valence-corrected chi connectivity index (χ0v) is 14.1. The second kappa shape index (κ2) is 6.49. The molecule has 2 atom stereocenters. The van der Waals surface area contributed by atoms with Gasteiger partial charge in [-0.15, -0.1) is 0 Å². The molecular weight excluding hydrogens is 327 g/mol. The Hall–Kier alpha value is -0.220. The van der Waals surface area contributed by atoms with Crippen LogP contribution in [0, 0.1) is 5.92 Å². The molecule has 5 heteroatoms. The molecule has 2 heterocycles. The molecule has 0 radical (unpaired) electrons. The van der Waals surface area contributed by atoms with Gasteiger partial charge in [-0.1, -0.05) is 29.3 Å². The minimum absolute atomic E-state index is 0.0408. The van der Waals surface area contributed by atoms with Crippen LogP contribution in [-0.2, 0) is 16.0 Å². The fraction of sp³-hybridized carbons (Fsp3) is 0.562. The molecule has 2 unspecified atom stereocenters. The molecule has 1 spiro atoms. The first-order valence-corrected chi connectivity index (χ1v) is 9.17. The van der Waals surface area contributed by atoms with Crippen LogP contribution in [0.1, 0.15) is 24.8 Å². The van der Waals surface area contributed by atoms with Crippen molar-refractivity contribution in [3.8, 4) is 0 Å². The summed E-state index contributed by atoms with van der Waals surface area (Å²) in [4.78, 5) is 12.6. The monoisotopic (exact) mass is 344 g/mol.